The standard InChI is InChI=1S/C12H23NO2.C11H21NO.C2H6/c1-11(2)15-10-12(3-4-12)9-13-5-7-14-8-6-13;1-10(2)13-9-11-5-3-7-12(11)8-4-6-11;1-2/h11H,3-10H2,1-2H3;10H,3-9H2,1-2H3;1-2H3. The highest BCUT2D eigenvalue weighted by molar-refractivity contribution is 5.00. The van der Waals surface area contributed by atoms with Gasteiger partial charge in [-0.3, -0.25) is 9.80 Å². The number of rotatable bonds is 8. The van der Waals surface area contributed by atoms with Crippen LogP contribution in [0.5, 0.6) is 0 Å². The monoisotopic (exact) mass is 426 g/mol. The van der Waals surface area contributed by atoms with Gasteiger partial charge in [-0.05, 0) is 79.3 Å². The second-order valence-corrected chi connectivity index (χ2v) is 10.0. The first kappa shape index (κ1) is 26.1. The molecule has 0 spiro atoms. The Balaban J connectivity index is 0.000000199. The second kappa shape index (κ2) is 12.7. The fraction of sp³-hybridized carbons (Fsp3) is 1.00. The molecule has 30 heavy (non-hydrogen) atoms. The first-order valence-electron chi connectivity index (χ1n) is 12.7. The molecule has 0 radical (unpaired) electrons. The van der Waals surface area contributed by atoms with E-state index < -0.39 is 0 Å². The molecule has 0 aromatic rings. The molecule has 3 aliphatic heterocycles. The van der Waals surface area contributed by atoms with Crippen LogP contribution < -0.4 is 0 Å². The molecule has 3 heterocycles. The van der Waals surface area contributed by atoms with Gasteiger partial charge in [0, 0.05) is 30.6 Å². The van der Waals surface area contributed by atoms with Crippen LogP contribution in [0.4, 0.5) is 0 Å². The Bertz CT molecular complexity index is 449. The van der Waals surface area contributed by atoms with Crippen molar-refractivity contribution in [3.63, 3.8) is 0 Å². The van der Waals surface area contributed by atoms with Gasteiger partial charge < -0.3 is 14.2 Å². The largest absolute Gasteiger partial charge is 0.379 e. The average molecular weight is 427 g/mol. The topological polar surface area (TPSA) is 34.2 Å². The number of hydrogen-bond acceptors (Lipinski definition) is 5. The zero-order valence-corrected chi connectivity index (χ0v) is 20.9. The van der Waals surface area contributed by atoms with Crippen molar-refractivity contribution in [1.29, 1.82) is 0 Å². The molecule has 4 aliphatic rings. The first-order valence-corrected chi connectivity index (χ1v) is 12.7. The third kappa shape index (κ3) is 8.05. The first-order chi connectivity index (χ1) is 14.4. The smallest absolute Gasteiger partial charge is 0.0653 e. The summed E-state index contributed by atoms with van der Waals surface area (Å²) in [6, 6.07) is 0. The van der Waals surface area contributed by atoms with E-state index in [0.717, 1.165) is 39.5 Å². The van der Waals surface area contributed by atoms with Gasteiger partial charge in [0.1, 0.15) is 0 Å². The van der Waals surface area contributed by atoms with Crippen LogP contribution in [-0.2, 0) is 14.2 Å². The molecular weight excluding hydrogens is 376 g/mol. The van der Waals surface area contributed by atoms with Gasteiger partial charge in [0.15, 0.2) is 0 Å². The molecule has 0 atom stereocenters. The van der Waals surface area contributed by atoms with E-state index >= 15 is 0 Å². The van der Waals surface area contributed by atoms with Crippen molar-refractivity contribution in [3.8, 4) is 0 Å². The normalized spacial score (nSPS) is 24.8. The van der Waals surface area contributed by atoms with E-state index in [1.165, 1.54) is 58.2 Å². The Morgan fingerprint density at radius 3 is 1.80 bits per heavy atom. The summed E-state index contributed by atoms with van der Waals surface area (Å²) in [6.45, 7) is 22.2. The van der Waals surface area contributed by atoms with Crippen molar-refractivity contribution in [2.24, 2.45) is 5.41 Å². The summed E-state index contributed by atoms with van der Waals surface area (Å²) >= 11 is 0. The molecule has 4 fully saturated rings. The third-order valence-corrected chi connectivity index (χ3v) is 6.84. The summed E-state index contributed by atoms with van der Waals surface area (Å²) in [4.78, 5) is 5.18. The molecule has 5 heteroatoms. The number of morpholine rings is 1. The van der Waals surface area contributed by atoms with Gasteiger partial charge in [0.05, 0.1) is 38.6 Å². The zero-order valence-electron chi connectivity index (χ0n) is 20.9. The Morgan fingerprint density at radius 2 is 1.30 bits per heavy atom. The van der Waals surface area contributed by atoms with Crippen molar-refractivity contribution in [3.05, 3.63) is 0 Å². The quantitative estimate of drug-likeness (QED) is 0.567. The summed E-state index contributed by atoms with van der Waals surface area (Å²) in [6.07, 6.45) is 8.92. The van der Waals surface area contributed by atoms with E-state index in [0.29, 0.717) is 23.2 Å². The molecule has 3 saturated heterocycles. The van der Waals surface area contributed by atoms with E-state index in [2.05, 4.69) is 37.5 Å². The maximum atomic E-state index is 5.79. The van der Waals surface area contributed by atoms with Crippen molar-refractivity contribution < 1.29 is 14.2 Å². The van der Waals surface area contributed by atoms with E-state index in [4.69, 9.17) is 14.2 Å². The minimum atomic E-state index is 0.368. The Kier molecular flexibility index (Phi) is 11.1. The van der Waals surface area contributed by atoms with Gasteiger partial charge >= 0.3 is 0 Å². The highest BCUT2D eigenvalue weighted by Gasteiger charge is 2.45. The minimum absolute atomic E-state index is 0.368. The van der Waals surface area contributed by atoms with E-state index in [-0.39, 0.29) is 0 Å². The van der Waals surface area contributed by atoms with Crippen LogP contribution in [0.25, 0.3) is 0 Å². The van der Waals surface area contributed by atoms with Crippen LogP contribution >= 0.6 is 0 Å². The Labute approximate surface area is 186 Å². The molecule has 0 N–H and O–H groups in total. The van der Waals surface area contributed by atoms with E-state index in [1.54, 1.807) is 0 Å². The van der Waals surface area contributed by atoms with Crippen molar-refractivity contribution in [1.82, 2.24) is 9.80 Å². The molecule has 0 aromatic carbocycles. The maximum Gasteiger partial charge on any atom is 0.0653 e. The lowest BCUT2D eigenvalue weighted by Crippen LogP contribution is -2.43. The van der Waals surface area contributed by atoms with Crippen LogP contribution in [0, 0.1) is 5.41 Å². The van der Waals surface area contributed by atoms with Crippen LogP contribution in [-0.4, -0.2) is 86.7 Å². The number of hydrogen-bond donors (Lipinski definition) is 0. The lowest BCUT2D eigenvalue weighted by Gasteiger charge is -2.32. The summed E-state index contributed by atoms with van der Waals surface area (Å²) in [5.41, 5.74) is 0.936. The van der Waals surface area contributed by atoms with Crippen LogP contribution in [0.15, 0.2) is 0 Å². The minimum Gasteiger partial charge on any atom is -0.379 e. The van der Waals surface area contributed by atoms with Crippen LogP contribution in [0.1, 0.15) is 80.1 Å². The summed E-state index contributed by atoms with van der Waals surface area (Å²) in [5, 5.41) is 0. The molecule has 5 nitrogen and oxygen atoms in total. The third-order valence-electron chi connectivity index (χ3n) is 6.84. The van der Waals surface area contributed by atoms with Crippen LogP contribution in [0.2, 0.25) is 0 Å². The zero-order chi connectivity index (χ0) is 22.0. The predicted molar refractivity (Wildman–Crippen MR) is 125 cm³/mol. The average Bonchev–Trinajstić information content (AvgIpc) is 3.20. The molecule has 4 rings (SSSR count). The van der Waals surface area contributed by atoms with Crippen molar-refractivity contribution in [2.45, 2.75) is 97.8 Å². The fourth-order valence-corrected chi connectivity index (χ4v) is 4.88. The van der Waals surface area contributed by atoms with Gasteiger partial charge in [-0.15, -0.1) is 0 Å². The summed E-state index contributed by atoms with van der Waals surface area (Å²) < 4.78 is 16.9. The number of ether oxygens (including phenoxy) is 3. The van der Waals surface area contributed by atoms with Gasteiger partial charge in [0.25, 0.3) is 0 Å². The SMILES string of the molecule is CC.CC(C)OCC1(CN2CCOCC2)CC1.CC(C)OCC12CCCN1CCC2. The van der Waals surface area contributed by atoms with Crippen molar-refractivity contribution in [2.75, 3.05) is 59.2 Å². The van der Waals surface area contributed by atoms with E-state index in [1.807, 2.05) is 13.8 Å². The lowest BCUT2D eigenvalue weighted by atomic mass is 9.95. The predicted octanol–water partition coefficient (Wildman–Crippen LogP) is 4.59. The fourth-order valence-electron chi connectivity index (χ4n) is 4.88. The lowest BCUT2D eigenvalue weighted by molar-refractivity contribution is 0.000529. The number of nitrogens with zero attached hydrogens (tertiary/aromatic N) is 2. The number of fused-ring (bicyclic) bond motifs is 1. The maximum absolute atomic E-state index is 5.79. The molecular formula is C25H50N2O3. The van der Waals surface area contributed by atoms with Crippen molar-refractivity contribution >= 4 is 0 Å². The van der Waals surface area contributed by atoms with Crippen LogP contribution in [0.3, 0.4) is 0 Å². The molecule has 178 valence electrons. The molecule has 0 bridgehead atoms. The molecule has 0 amide bonds. The summed E-state index contributed by atoms with van der Waals surface area (Å²) in [7, 11) is 0. The van der Waals surface area contributed by atoms with Gasteiger partial charge in [-0.1, -0.05) is 13.8 Å². The molecule has 0 unspecified atom stereocenters. The molecule has 1 aliphatic carbocycles. The van der Waals surface area contributed by atoms with Gasteiger partial charge in [-0.25, -0.2) is 0 Å². The second-order valence-electron chi connectivity index (χ2n) is 10.0. The Morgan fingerprint density at radius 1 is 0.767 bits per heavy atom. The Hall–Kier alpha value is -0.200. The van der Waals surface area contributed by atoms with E-state index in [9.17, 15) is 0 Å². The molecule has 1 saturated carbocycles. The van der Waals surface area contributed by atoms with Gasteiger partial charge in [0.2, 0.25) is 0 Å². The highest BCUT2D eigenvalue weighted by atomic mass is 16.5. The summed E-state index contributed by atoms with van der Waals surface area (Å²) in [5.74, 6) is 0. The highest BCUT2D eigenvalue weighted by Crippen LogP contribution is 2.46. The van der Waals surface area contributed by atoms with Gasteiger partial charge in [-0.2, -0.15) is 0 Å². The molecule has 0 aromatic heterocycles.